The number of ether oxygens (including phenoxy) is 2. The van der Waals surface area contributed by atoms with E-state index in [2.05, 4.69) is 24.5 Å². The molecule has 0 aliphatic carbocycles. The molecule has 0 bridgehead atoms. The summed E-state index contributed by atoms with van der Waals surface area (Å²) in [6, 6.07) is 0. The van der Waals surface area contributed by atoms with Crippen molar-refractivity contribution < 1.29 is 19.7 Å². The van der Waals surface area contributed by atoms with Crippen LogP contribution >= 0.6 is 0 Å². The van der Waals surface area contributed by atoms with Crippen LogP contribution in [0.25, 0.3) is 0 Å². The van der Waals surface area contributed by atoms with E-state index in [0.717, 1.165) is 39.1 Å². The highest BCUT2D eigenvalue weighted by molar-refractivity contribution is 4.62. The van der Waals surface area contributed by atoms with Crippen LogP contribution in [0.1, 0.15) is 65.2 Å². The van der Waals surface area contributed by atoms with Gasteiger partial charge in [0.15, 0.2) is 0 Å². The van der Waals surface area contributed by atoms with E-state index in [0.29, 0.717) is 26.3 Å². The molecule has 0 aliphatic heterocycles. The molecule has 6 heteroatoms. The molecule has 0 aromatic heterocycles. The first-order valence-corrected chi connectivity index (χ1v) is 10.6. The van der Waals surface area contributed by atoms with E-state index in [1.54, 1.807) is 0 Å². The Hall–Kier alpha value is -0.240. The Balaban J connectivity index is 3.25. The topological polar surface area (TPSA) is 83.0 Å². The van der Waals surface area contributed by atoms with Crippen molar-refractivity contribution >= 4 is 0 Å². The average Bonchev–Trinajstić information content (AvgIpc) is 2.63. The molecule has 6 nitrogen and oxygen atoms in total. The molecule has 0 saturated carbocycles. The number of hydrogen-bond donors (Lipinski definition) is 4. The molecular weight excluding hydrogens is 332 g/mol. The van der Waals surface area contributed by atoms with Crippen molar-refractivity contribution in [2.45, 2.75) is 77.4 Å². The number of nitrogens with one attached hydrogen (secondary N) is 2. The zero-order valence-corrected chi connectivity index (χ0v) is 17.2. The SMILES string of the molecule is CCCCCCOC[C@@H](O)CNCCNC[C@H](O)COCCCCCC. The minimum atomic E-state index is -0.465. The van der Waals surface area contributed by atoms with E-state index in [1.807, 2.05) is 0 Å². The number of aliphatic hydroxyl groups is 2. The van der Waals surface area contributed by atoms with Crippen LogP contribution in [0.5, 0.6) is 0 Å². The Kier molecular flexibility index (Phi) is 20.9. The number of hydrogen-bond acceptors (Lipinski definition) is 6. The summed E-state index contributed by atoms with van der Waals surface area (Å²) in [5.41, 5.74) is 0. The maximum absolute atomic E-state index is 9.81. The van der Waals surface area contributed by atoms with E-state index < -0.39 is 12.2 Å². The second-order valence-electron chi connectivity index (χ2n) is 6.99. The second kappa shape index (κ2) is 21.1. The number of aliphatic hydroxyl groups excluding tert-OH is 2. The van der Waals surface area contributed by atoms with E-state index in [9.17, 15) is 10.2 Å². The Labute approximate surface area is 161 Å². The zero-order valence-electron chi connectivity index (χ0n) is 17.2. The van der Waals surface area contributed by atoms with Crippen LogP contribution < -0.4 is 10.6 Å². The molecule has 2 atom stereocenters. The molecule has 0 spiro atoms. The van der Waals surface area contributed by atoms with Crippen molar-refractivity contribution in [1.29, 1.82) is 0 Å². The second-order valence-corrected chi connectivity index (χ2v) is 6.99. The standard InChI is InChI=1S/C20H44N2O4/c1-3-5-7-9-13-25-17-19(23)15-21-11-12-22-16-20(24)18-26-14-10-8-6-4-2/h19-24H,3-18H2,1-2H3/t19-,20-/m0/s1. The number of rotatable bonds is 21. The minimum absolute atomic E-state index is 0.390. The Bertz CT molecular complexity index is 244. The van der Waals surface area contributed by atoms with Crippen LogP contribution in [0, 0.1) is 0 Å². The predicted molar refractivity (Wildman–Crippen MR) is 108 cm³/mol. The summed E-state index contributed by atoms with van der Waals surface area (Å²) >= 11 is 0. The van der Waals surface area contributed by atoms with Crippen LogP contribution in [0.4, 0.5) is 0 Å². The first-order valence-electron chi connectivity index (χ1n) is 10.6. The molecule has 0 aromatic carbocycles. The fraction of sp³-hybridized carbons (Fsp3) is 1.00. The van der Waals surface area contributed by atoms with Gasteiger partial charge in [-0.05, 0) is 12.8 Å². The van der Waals surface area contributed by atoms with Gasteiger partial charge in [0.05, 0.1) is 25.4 Å². The summed E-state index contributed by atoms with van der Waals surface area (Å²) in [6.45, 7) is 9.18. The first kappa shape index (κ1) is 25.8. The molecular formula is C20H44N2O4. The van der Waals surface area contributed by atoms with Crippen LogP contribution in [0.2, 0.25) is 0 Å². The van der Waals surface area contributed by atoms with Crippen molar-refractivity contribution in [2.75, 3.05) is 52.6 Å². The Morgan fingerprint density at radius 2 is 1.08 bits per heavy atom. The fourth-order valence-electron chi connectivity index (χ4n) is 2.53. The highest BCUT2D eigenvalue weighted by atomic mass is 16.5. The van der Waals surface area contributed by atoms with Gasteiger partial charge >= 0.3 is 0 Å². The molecule has 4 N–H and O–H groups in total. The maximum Gasteiger partial charge on any atom is 0.0897 e. The highest BCUT2D eigenvalue weighted by Crippen LogP contribution is 2.00. The van der Waals surface area contributed by atoms with Gasteiger partial charge in [-0.25, -0.2) is 0 Å². The van der Waals surface area contributed by atoms with Gasteiger partial charge in [0.2, 0.25) is 0 Å². The van der Waals surface area contributed by atoms with Crippen LogP contribution in [0.3, 0.4) is 0 Å². The lowest BCUT2D eigenvalue weighted by Crippen LogP contribution is -2.37. The number of unbranched alkanes of at least 4 members (excludes halogenated alkanes) is 6. The van der Waals surface area contributed by atoms with Crippen molar-refractivity contribution in [3.63, 3.8) is 0 Å². The molecule has 0 heterocycles. The lowest BCUT2D eigenvalue weighted by Gasteiger charge is -2.14. The van der Waals surface area contributed by atoms with Gasteiger partial charge < -0.3 is 30.3 Å². The summed E-state index contributed by atoms with van der Waals surface area (Å²) in [5, 5.41) is 26.0. The third-order valence-electron chi connectivity index (χ3n) is 4.14. The molecule has 0 amide bonds. The van der Waals surface area contributed by atoms with Gasteiger partial charge in [0, 0.05) is 39.4 Å². The van der Waals surface area contributed by atoms with Crippen molar-refractivity contribution in [2.24, 2.45) is 0 Å². The molecule has 0 aliphatic rings. The largest absolute Gasteiger partial charge is 0.389 e. The minimum Gasteiger partial charge on any atom is -0.389 e. The molecule has 0 radical (unpaired) electrons. The summed E-state index contributed by atoms with van der Waals surface area (Å²) < 4.78 is 10.9. The quantitative estimate of drug-likeness (QED) is 0.230. The lowest BCUT2D eigenvalue weighted by molar-refractivity contribution is 0.0339. The third kappa shape index (κ3) is 20.1. The smallest absolute Gasteiger partial charge is 0.0897 e. The molecule has 158 valence electrons. The predicted octanol–water partition coefficient (Wildman–Crippen LogP) is 2.08. The maximum atomic E-state index is 9.81. The molecule has 0 fully saturated rings. The van der Waals surface area contributed by atoms with Crippen LogP contribution in [0.15, 0.2) is 0 Å². The Morgan fingerprint density at radius 1 is 0.654 bits per heavy atom. The summed E-state index contributed by atoms with van der Waals surface area (Å²) in [6.07, 6.45) is 8.57. The van der Waals surface area contributed by atoms with Crippen LogP contribution in [-0.2, 0) is 9.47 Å². The summed E-state index contributed by atoms with van der Waals surface area (Å²) in [7, 11) is 0. The Morgan fingerprint density at radius 3 is 1.46 bits per heavy atom. The van der Waals surface area contributed by atoms with Gasteiger partial charge in [-0.2, -0.15) is 0 Å². The van der Waals surface area contributed by atoms with E-state index in [-0.39, 0.29) is 0 Å². The van der Waals surface area contributed by atoms with Gasteiger partial charge in [0.1, 0.15) is 0 Å². The van der Waals surface area contributed by atoms with Crippen molar-refractivity contribution in [3.8, 4) is 0 Å². The van der Waals surface area contributed by atoms with Gasteiger partial charge in [-0.3, -0.25) is 0 Å². The summed E-state index contributed by atoms with van der Waals surface area (Å²) in [4.78, 5) is 0. The molecule has 0 aromatic rings. The van der Waals surface area contributed by atoms with E-state index >= 15 is 0 Å². The molecule has 26 heavy (non-hydrogen) atoms. The molecule has 0 unspecified atom stereocenters. The normalized spacial score (nSPS) is 13.8. The van der Waals surface area contributed by atoms with Crippen molar-refractivity contribution in [3.05, 3.63) is 0 Å². The fourth-order valence-corrected chi connectivity index (χ4v) is 2.53. The van der Waals surface area contributed by atoms with Gasteiger partial charge in [0.25, 0.3) is 0 Å². The molecule has 0 saturated heterocycles. The first-order chi connectivity index (χ1) is 12.7. The van der Waals surface area contributed by atoms with Crippen molar-refractivity contribution in [1.82, 2.24) is 10.6 Å². The average molecular weight is 377 g/mol. The van der Waals surface area contributed by atoms with Gasteiger partial charge in [-0.1, -0.05) is 52.4 Å². The van der Waals surface area contributed by atoms with Gasteiger partial charge in [-0.15, -0.1) is 0 Å². The molecule has 0 rings (SSSR count). The monoisotopic (exact) mass is 376 g/mol. The summed E-state index contributed by atoms with van der Waals surface area (Å²) in [5.74, 6) is 0. The highest BCUT2D eigenvalue weighted by Gasteiger charge is 2.05. The zero-order chi connectivity index (χ0) is 19.3. The van der Waals surface area contributed by atoms with E-state index in [1.165, 1.54) is 38.5 Å². The van der Waals surface area contributed by atoms with Crippen LogP contribution in [-0.4, -0.2) is 75.0 Å². The third-order valence-corrected chi connectivity index (χ3v) is 4.14. The lowest BCUT2D eigenvalue weighted by atomic mass is 10.2. The van der Waals surface area contributed by atoms with E-state index in [4.69, 9.17) is 9.47 Å².